The van der Waals surface area contributed by atoms with E-state index in [1.54, 1.807) is 35.7 Å². The van der Waals surface area contributed by atoms with Gasteiger partial charge in [-0.1, -0.05) is 18.2 Å². The van der Waals surface area contributed by atoms with Crippen molar-refractivity contribution in [1.29, 1.82) is 0 Å². The van der Waals surface area contributed by atoms with Gasteiger partial charge in [0.05, 0.1) is 19.0 Å². The van der Waals surface area contributed by atoms with Crippen LogP contribution >= 0.6 is 0 Å². The molecule has 8 heteroatoms. The summed E-state index contributed by atoms with van der Waals surface area (Å²) in [5.41, 5.74) is 2.04. The third kappa shape index (κ3) is 6.21. The second kappa shape index (κ2) is 10.2. The molecule has 1 heterocycles. The molecule has 0 aromatic heterocycles. The number of carbonyl (C=O) groups is 1. The molecule has 0 spiro atoms. The molecule has 0 unspecified atom stereocenters. The fourth-order valence-corrected chi connectivity index (χ4v) is 5.09. The molecule has 2 aromatic carbocycles. The minimum atomic E-state index is -3.30. The minimum absolute atomic E-state index is 0.0350. The second-order valence-electron chi connectivity index (χ2n) is 7.89. The van der Waals surface area contributed by atoms with Gasteiger partial charge in [-0.05, 0) is 62.1 Å². The third-order valence-corrected chi connectivity index (χ3v) is 6.92. The highest BCUT2D eigenvalue weighted by Crippen LogP contribution is 2.29. The third-order valence-electron chi connectivity index (χ3n) is 5.07. The van der Waals surface area contributed by atoms with Crippen LogP contribution in [0.25, 0.3) is 0 Å². The molecule has 1 aliphatic heterocycles. The average Bonchev–Trinajstić information content (AvgIpc) is 3.29. The molecule has 0 atom stereocenters. The summed E-state index contributed by atoms with van der Waals surface area (Å²) < 4.78 is 37.5. The number of sulfonamides is 1. The van der Waals surface area contributed by atoms with Crippen molar-refractivity contribution in [1.82, 2.24) is 9.62 Å². The van der Waals surface area contributed by atoms with E-state index in [9.17, 15) is 13.2 Å². The molecular weight excluding hydrogens is 416 g/mol. The Kier molecular flexibility index (Phi) is 7.56. The van der Waals surface area contributed by atoms with Crippen molar-refractivity contribution in [3.8, 4) is 11.5 Å². The molecule has 1 N–H and O–H groups in total. The van der Waals surface area contributed by atoms with Crippen molar-refractivity contribution in [2.45, 2.75) is 45.1 Å². The highest BCUT2D eigenvalue weighted by atomic mass is 32.2. The highest BCUT2D eigenvalue weighted by Gasteiger charge is 2.25. The second-order valence-corrected chi connectivity index (χ2v) is 9.86. The molecule has 1 saturated heterocycles. The molecule has 2 aromatic rings. The van der Waals surface area contributed by atoms with E-state index in [0.717, 1.165) is 18.4 Å². The van der Waals surface area contributed by atoms with Crippen molar-refractivity contribution in [2.75, 3.05) is 20.2 Å². The Balaban J connectivity index is 1.58. The van der Waals surface area contributed by atoms with Crippen LogP contribution < -0.4 is 14.8 Å². The lowest BCUT2D eigenvalue weighted by atomic mass is 10.1. The van der Waals surface area contributed by atoms with Gasteiger partial charge in [0, 0.05) is 25.2 Å². The summed E-state index contributed by atoms with van der Waals surface area (Å²) in [6.07, 6.45) is 1.86. The Morgan fingerprint density at radius 3 is 2.29 bits per heavy atom. The van der Waals surface area contributed by atoms with Gasteiger partial charge in [-0.3, -0.25) is 4.79 Å². The maximum atomic E-state index is 12.5. The van der Waals surface area contributed by atoms with Gasteiger partial charge in [0.25, 0.3) is 5.91 Å². The van der Waals surface area contributed by atoms with Crippen LogP contribution in [0.1, 0.15) is 48.2 Å². The molecule has 0 bridgehead atoms. The Morgan fingerprint density at radius 2 is 1.68 bits per heavy atom. The highest BCUT2D eigenvalue weighted by molar-refractivity contribution is 7.88. The number of methoxy groups -OCH3 is 1. The number of nitrogens with one attached hydrogen (secondary N) is 1. The lowest BCUT2D eigenvalue weighted by Gasteiger charge is -2.15. The lowest BCUT2D eigenvalue weighted by Crippen LogP contribution is -2.29. The fourth-order valence-electron chi connectivity index (χ4n) is 3.48. The zero-order chi connectivity index (χ0) is 22.4. The molecule has 31 heavy (non-hydrogen) atoms. The molecule has 0 saturated carbocycles. The van der Waals surface area contributed by atoms with Crippen LogP contribution in [-0.2, 0) is 22.3 Å². The van der Waals surface area contributed by atoms with Crippen molar-refractivity contribution < 1.29 is 22.7 Å². The minimum Gasteiger partial charge on any atom is -0.493 e. The van der Waals surface area contributed by atoms with Gasteiger partial charge < -0.3 is 14.8 Å². The van der Waals surface area contributed by atoms with E-state index in [4.69, 9.17) is 9.47 Å². The van der Waals surface area contributed by atoms with E-state index in [-0.39, 0.29) is 17.8 Å². The number of hydrogen-bond acceptors (Lipinski definition) is 5. The number of benzene rings is 2. The lowest BCUT2D eigenvalue weighted by molar-refractivity contribution is 0.0951. The number of carbonyl (C=O) groups excluding carboxylic acids is 1. The summed E-state index contributed by atoms with van der Waals surface area (Å²) in [6, 6.07) is 12.3. The maximum absolute atomic E-state index is 12.5. The molecule has 7 nitrogen and oxygen atoms in total. The molecule has 0 radical (unpaired) electrons. The fraction of sp³-hybridized carbons (Fsp3) is 0.435. The van der Waals surface area contributed by atoms with Crippen LogP contribution in [0.3, 0.4) is 0 Å². The van der Waals surface area contributed by atoms with Gasteiger partial charge in [0.15, 0.2) is 11.5 Å². The number of hydrogen-bond donors (Lipinski definition) is 1. The van der Waals surface area contributed by atoms with Gasteiger partial charge in [0.1, 0.15) is 0 Å². The Morgan fingerprint density at radius 1 is 1.03 bits per heavy atom. The quantitative estimate of drug-likeness (QED) is 0.639. The standard InChI is InChI=1S/C23H30N2O5S/c1-17(2)30-21-11-8-19(14-22(21)29-3)15-24-23(26)20-9-6-18(7-10-20)16-31(27,28)25-12-4-5-13-25/h6-11,14,17H,4-5,12-13,15-16H2,1-3H3,(H,24,26). The van der Waals surface area contributed by atoms with E-state index in [0.29, 0.717) is 42.3 Å². The monoisotopic (exact) mass is 446 g/mol. The largest absolute Gasteiger partial charge is 0.493 e. The van der Waals surface area contributed by atoms with Gasteiger partial charge in [-0.15, -0.1) is 0 Å². The molecule has 3 rings (SSSR count). The smallest absolute Gasteiger partial charge is 0.251 e. The Labute approximate surface area is 184 Å². The summed E-state index contributed by atoms with van der Waals surface area (Å²) >= 11 is 0. The molecule has 0 aliphatic carbocycles. The van der Waals surface area contributed by atoms with Crippen LogP contribution in [-0.4, -0.2) is 44.9 Å². The van der Waals surface area contributed by atoms with Crippen LogP contribution in [0.4, 0.5) is 0 Å². The molecular formula is C23H30N2O5S. The van der Waals surface area contributed by atoms with E-state index in [1.807, 2.05) is 32.0 Å². The first kappa shape index (κ1) is 23.1. The normalized spacial score (nSPS) is 14.6. The molecule has 1 fully saturated rings. The number of rotatable bonds is 9. The van der Waals surface area contributed by atoms with E-state index in [1.165, 1.54) is 0 Å². The van der Waals surface area contributed by atoms with Crippen molar-refractivity contribution in [3.63, 3.8) is 0 Å². The predicted molar refractivity (Wildman–Crippen MR) is 120 cm³/mol. The molecule has 168 valence electrons. The van der Waals surface area contributed by atoms with Crippen LogP contribution in [0.2, 0.25) is 0 Å². The average molecular weight is 447 g/mol. The van der Waals surface area contributed by atoms with Crippen molar-refractivity contribution in [3.05, 3.63) is 59.2 Å². The van der Waals surface area contributed by atoms with Gasteiger partial charge in [0.2, 0.25) is 10.0 Å². The van der Waals surface area contributed by atoms with Crippen LogP contribution in [0.15, 0.2) is 42.5 Å². The first-order valence-corrected chi connectivity index (χ1v) is 12.1. The first-order chi connectivity index (χ1) is 14.8. The molecule has 1 amide bonds. The Hall–Kier alpha value is -2.58. The SMILES string of the molecule is COc1cc(CNC(=O)c2ccc(CS(=O)(=O)N3CCCC3)cc2)ccc1OC(C)C. The topological polar surface area (TPSA) is 84.9 Å². The van der Waals surface area contributed by atoms with Gasteiger partial charge in [-0.25, -0.2) is 12.7 Å². The van der Waals surface area contributed by atoms with Gasteiger partial charge in [-0.2, -0.15) is 0 Å². The zero-order valence-electron chi connectivity index (χ0n) is 18.3. The number of amides is 1. The zero-order valence-corrected chi connectivity index (χ0v) is 19.1. The summed E-state index contributed by atoms with van der Waals surface area (Å²) in [7, 11) is -1.72. The van der Waals surface area contributed by atoms with Crippen LogP contribution in [0, 0.1) is 0 Å². The molecule has 1 aliphatic rings. The Bertz CT molecular complexity index is 997. The van der Waals surface area contributed by atoms with E-state index >= 15 is 0 Å². The summed E-state index contributed by atoms with van der Waals surface area (Å²) in [4.78, 5) is 12.5. The summed E-state index contributed by atoms with van der Waals surface area (Å²) in [6.45, 7) is 5.42. The van der Waals surface area contributed by atoms with Crippen molar-refractivity contribution in [2.24, 2.45) is 0 Å². The summed E-state index contributed by atoms with van der Waals surface area (Å²) in [5, 5.41) is 2.88. The number of ether oxygens (including phenoxy) is 2. The van der Waals surface area contributed by atoms with Gasteiger partial charge >= 0.3 is 0 Å². The van der Waals surface area contributed by atoms with Crippen LogP contribution in [0.5, 0.6) is 11.5 Å². The van der Waals surface area contributed by atoms with Crippen molar-refractivity contribution >= 4 is 15.9 Å². The first-order valence-electron chi connectivity index (χ1n) is 10.5. The number of nitrogens with zero attached hydrogens (tertiary/aromatic N) is 1. The van der Waals surface area contributed by atoms with E-state index < -0.39 is 10.0 Å². The predicted octanol–water partition coefficient (Wildman–Crippen LogP) is 3.34. The maximum Gasteiger partial charge on any atom is 0.251 e. The summed E-state index contributed by atoms with van der Waals surface area (Å²) in [5.74, 6) is 1.01. The van der Waals surface area contributed by atoms with E-state index in [2.05, 4.69) is 5.32 Å².